The molecule has 0 fully saturated rings. The molecule has 0 unspecified atom stereocenters. The van der Waals surface area contributed by atoms with Crippen molar-refractivity contribution in [3.05, 3.63) is 16.3 Å². The van der Waals surface area contributed by atoms with E-state index in [0.717, 1.165) is 11.3 Å². The second-order valence-electron chi connectivity index (χ2n) is 2.51. The molecule has 0 aromatic carbocycles. The Morgan fingerprint density at radius 1 is 1.60 bits per heavy atom. The maximum Gasteiger partial charge on any atom is 0.482 e. The van der Waals surface area contributed by atoms with Crippen molar-refractivity contribution in [2.75, 3.05) is 11.9 Å². The van der Waals surface area contributed by atoms with E-state index in [0.29, 0.717) is 0 Å². The first-order chi connectivity index (χ1) is 6.94. The summed E-state index contributed by atoms with van der Waals surface area (Å²) < 4.78 is 40.6. The van der Waals surface area contributed by atoms with Gasteiger partial charge in [0.25, 0.3) is 0 Å². The molecular weight excluding hydrogens is 231 g/mol. The molecular formula is C8H8F3NO2S. The number of halogens is 3. The fourth-order valence-corrected chi connectivity index (χ4v) is 1.66. The van der Waals surface area contributed by atoms with Crippen molar-refractivity contribution in [2.24, 2.45) is 0 Å². The van der Waals surface area contributed by atoms with Crippen molar-refractivity contribution in [1.82, 2.24) is 0 Å². The van der Waals surface area contributed by atoms with E-state index < -0.39 is 12.3 Å². The molecule has 1 rings (SSSR count). The van der Waals surface area contributed by atoms with Gasteiger partial charge in [0.2, 0.25) is 0 Å². The van der Waals surface area contributed by atoms with Gasteiger partial charge in [0.15, 0.2) is 0 Å². The molecule has 0 bridgehead atoms. The zero-order valence-corrected chi connectivity index (χ0v) is 8.54. The van der Waals surface area contributed by atoms with Crippen LogP contribution in [0, 0.1) is 0 Å². The lowest BCUT2D eigenvalue weighted by molar-refractivity contribution is -0.0999. The number of anilines is 1. The normalized spacial score (nSPS) is 11.2. The lowest BCUT2D eigenvalue weighted by Crippen LogP contribution is -2.21. The van der Waals surface area contributed by atoms with Crippen LogP contribution in [0.4, 0.5) is 18.9 Å². The Morgan fingerprint density at radius 2 is 2.27 bits per heavy atom. The van der Waals surface area contributed by atoms with Gasteiger partial charge in [-0.1, -0.05) is 0 Å². The highest BCUT2D eigenvalue weighted by Crippen LogP contribution is 2.28. The molecule has 7 heteroatoms. The summed E-state index contributed by atoms with van der Waals surface area (Å²) in [6.45, 7) is 1.71. The Labute approximate surface area is 87.9 Å². The molecule has 0 spiro atoms. The molecule has 1 aromatic heterocycles. The number of nitrogens with one attached hydrogen (secondary N) is 1. The number of thiophene rings is 1. The van der Waals surface area contributed by atoms with Gasteiger partial charge in [-0.15, -0.1) is 11.3 Å². The quantitative estimate of drug-likeness (QED) is 0.651. The van der Waals surface area contributed by atoms with E-state index >= 15 is 0 Å². The zero-order valence-electron chi connectivity index (χ0n) is 7.72. The maximum atomic E-state index is 12.0. The van der Waals surface area contributed by atoms with Gasteiger partial charge in [-0.3, -0.25) is 5.32 Å². The third-order valence-corrected chi connectivity index (χ3v) is 2.30. The monoisotopic (exact) mass is 239 g/mol. The number of hydrogen-bond acceptors (Lipinski definition) is 4. The third kappa shape index (κ3) is 3.43. The van der Waals surface area contributed by atoms with Crippen LogP contribution >= 0.6 is 11.3 Å². The fourth-order valence-electron chi connectivity index (χ4n) is 0.915. The minimum Gasteiger partial charge on any atom is -0.462 e. The summed E-state index contributed by atoms with van der Waals surface area (Å²) in [7, 11) is 0. The largest absolute Gasteiger partial charge is 0.482 e. The van der Waals surface area contributed by atoms with Gasteiger partial charge in [-0.2, -0.15) is 13.2 Å². The van der Waals surface area contributed by atoms with E-state index in [9.17, 15) is 18.0 Å². The van der Waals surface area contributed by atoms with Crippen molar-refractivity contribution < 1.29 is 22.7 Å². The fraction of sp³-hybridized carbons (Fsp3) is 0.375. The van der Waals surface area contributed by atoms with Crippen molar-refractivity contribution in [3.63, 3.8) is 0 Å². The first kappa shape index (κ1) is 11.8. The van der Waals surface area contributed by atoms with Crippen LogP contribution in [-0.4, -0.2) is 18.9 Å². The molecule has 0 atom stereocenters. The number of ether oxygens (including phenoxy) is 1. The number of esters is 1. The summed E-state index contributed by atoms with van der Waals surface area (Å²) in [5.74, 6) is -0.751. The molecule has 1 aromatic rings. The topological polar surface area (TPSA) is 38.3 Å². The van der Waals surface area contributed by atoms with E-state index in [-0.39, 0.29) is 17.2 Å². The second kappa shape index (κ2) is 4.52. The molecule has 0 amide bonds. The van der Waals surface area contributed by atoms with Crippen LogP contribution in [0.5, 0.6) is 0 Å². The molecule has 1 N–H and O–H groups in total. The Bertz CT molecular complexity index is 348. The van der Waals surface area contributed by atoms with Gasteiger partial charge in [0.1, 0.15) is 4.88 Å². The van der Waals surface area contributed by atoms with Crippen LogP contribution in [0.15, 0.2) is 11.4 Å². The predicted octanol–water partition coefficient (Wildman–Crippen LogP) is 2.86. The minimum absolute atomic E-state index is 0.0748. The number of hydrogen-bond donors (Lipinski definition) is 1. The van der Waals surface area contributed by atoms with E-state index in [1.165, 1.54) is 16.8 Å². The molecule has 0 aliphatic heterocycles. The first-order valence-electron chi connectivity index (χ1n) is 4.03. The van der Waals surface area contributed by atoms with Crippen molar-refractivity contribution in [2.45, 2.75) is 13.2 Å². The summed E-state index contributed by atoms with van der Waals surface area (Å²) in [5, 5.41) is 2.67. The highest BCUT2D eigenvalue weighted by atomic mass is 32.1. The van der Waals surface area contributed by atoms with Crippen molar-refractivity contribution in [3.8, 4) is 0 Å². The van der Waals surface area contributed by atoms with Crippen LogP contribution in [0.1, 0.15) is 16.6 Å². The average molecular weight is 239 g/mol. The van der Waals surface area contributed by atoms with Crippen LogP contribution in [-0.2, 0) is 4.74 Å². The lowest BCUT2D eigenvalue weighted by atomic mass is 10.4. The standard InChI is InChI=1S/C8H8F3NO2S/c1-2-14-7(13)6-5(3-4-15-6)12-8(9,10)11/h3-4,12H,2H2,1H3. The number of rotatable bonds is 3. The summed E-state index contributed by atoms with van der Waals surface area (Å²) in [5.41, 5.74) is -0.272. The van der Waals surface area contributed by atoms with Gasteiger partial charge in [0.05, 0.1) is 12.3 Å². The first-order valence-corrected chi connectivity index (χ1v) is 4.91. The molecule has 15 heavy (non-hydrogen) atoms. The van der Waals surface area contributed by atoms with Crippen LogP contribution in [0.2, 0.25) is 0 Å². The maximum absolute atomic E-state index is 12.0. The molecule has 0 radical (unpaired) electrons. The summed E-state index contributed by atoms with van der Waals surface area (Å²) in [6, 6.07) is 1.18. The molecule has 0 aliphatic carbocycles. The summed E-state index contributed by atoms with van der Waals surface area (Å²) in [6.07, 6.45) is -4.55. The molecule has 3 nitrogen and oxygen atoms in total. The molecule has 84 valence electrons. The summed E-state index contributed by atoms with van der Waals surface area (Å²) in [4.78, 5) is 11.1. The van der Waals surface area contributed by atoms with Crippen molar-refractivity contribution in [1.29, 1.82) is 0 Å². The molecule has 0 aliphatic rings. The number of carbonyl (C=O) groups is 1. The van der Waals surface area contributed by atoms with Gasteiger partial charge >= 0.3 is 12.3 Å². The van der Waals surface area contributed by atoms with Crippen LogP contribution in [0.25, 0.3) is 0 Å². The molecule has 0 saturated heterocycles. The predicted molar refractivity (Wildman–Crippen MR) is 50.0 cm³/mol. The van der Waals surface area contributed by atoms with E-state index in [4.69, 9.17) is 0 Å². The number of carbonyl (C=O) groups excluding carboxylic acids is 1. The minimum atomic E-state index is -4.55. The van der Waals surface area contributed by atoms with Crippen LogP contribution in [0.3, 0.4) is 0 Å². The van der Waals surface area contributed by atoms with Gasteiger partial charge in [-0.25, -0.2) is 4.79 Å². The summed E-state index contributed by atoms with van der Waals surface area (Å²) >= 11 is 0.901. The van der Waals surface area contributed by atoms with E-state index in [2.05, 4.69) is 4.74 Å². The second-order valence-corrected chi connectivity index (χ2v) is 3.42. The zero-order chi connectivity index (χ0) is 11.5. The Morgan fingerprint density at radius 3 is 2.80 bits per heavy atom. The highest BCUT2D eigenvalue weighted by molar-refractivity contribution is 7.12. The highest BCUT2D eigenvalue weighted by Gasteiger charge is 2.29. The lowest BCUT2D eigenvalue weighted by Gasteiger charge is -2.09. The molecule has 0 saturated carbocycles. The Balaban J connectivity index is 2.82. The van der Waals surface area contributed by atoms with Crippen LogP contribution < -0.4 is 5.32 Å². The Hall–Kier alpha value is -1.24. The average Bonchev–Trinajstić information content (AvgIpc) is 2.49. The SMILES string of the molecule is CCOC(=O)c1sccc1NC(F)(F)F. The molecule has 1 heterocycles. The Kier molecular flexibility index (Phi) is 3.57. The van der Waals surface area contributed by atoms with Gasteiger partial charge < -0.3 is 4.74 Å². The van der Waals surface area contributed by atoms with E-state index in [1.54, 1.807) is 6.92 Å². The van der Waals surface area contributed by atoms with Crippen molar-refractivity contribution >= 4 is 23.0 Å². The smallest absolute Gasteiger partial charge is 0.462 e. The number of alkyl halides is 3. The van der Waals surface area contributed by atoms with Gasteiger partial charge in [-0.05, 0) is 18.4 Å². The van der Waals surface area contributed by atoms with Gasteiger partial charge in [0, 0.05) is 0 Å². The van der Waals surface area contributed by atoms with E-state index in [1.807, 2.05) is 0 Å². The third-order valence-electron chi connectivity index (χ3n) is 1.40.